The molecule has 1 aromatic heterocycles. The van der Waals surface area contributed by atoms with Gasteiger partial charge in [-0.25, -0.2) is 9.37 Å². The first-order chi connectivity index (χ1) is 13.2. The van der Waals surface area contributed by atoms with Crippen molar-refractivity contribution in [3.8, 4) is 0 Å². The average molecular weight is 371 g/mol. The van der Waals surface area contributed by atoms with E-state index in [0.29, 0.717) is 12.6 Å². The number of ether oxygens (including phenoxy) is 1. The highest BCUT2D eigenvalue weighted by molar-refractivity contribution is 5.44. The Morgan fingerprint density at radius 2 is 2.00 bits per heavy atom. The highest BCUT2D eigenvalue weighted by Crippen LogP contribution is 2.23. The highest BCUT2D eigenvalue weighted by atomic mass is 19.1. The molecule has 2 aromatic rings. The Bertz CT molecular complexity index is 768. The first kappa shape index (κ1) is 18.1. The Labute approximate surface area is 159 Å². The van der Waals surface area contributed by atoms with Gasteiger partial charge in [-0.05, 0) is 18.6 Å². The molecule has 0 N–H and O–H groups in total. The zero-order valence-corrected chi connectivity index (χ0v) is 15.7. The molecule has 1 atom stereocenters. The molecule has 4 rings (SSSR count). The van der Waals surface area contributed by atoms with Gasteiger partial charge in [-0.3, -0.25) is 4.90 Å². The van der Waals surface area contributed by atoms with Crippen LogP contribution >= 0.6 is 0 Å². The summed E-state index contributed by atoms with van der Waals surface area (Å²) in [5, 5.41) is 0. The molecule has 7 heteroatoms. The minimum absolute atomic E-state index is 0.125. The normalized spacial score (nSPS) is 20.8. The van der Waals surface area contributed by atoms with E-state index in [4.69, 9.17) is 9.72 Å². The molecule has 0 bridgehead atoms. The molecular weight excluding hydrogens is 345 g/mol. The van der Waals surface area contributed by atoms with E-state index >= 15 is 0 Å². The Balaban J connectivity index is 1.40. The van der Waals surface area contributed by atoms with E-state index in [2.05, 4.69) is 26.7 Å². The van der Waals surface area contributed by atoms with Crippen LogP contribution in [0, 0.1) is 5.82 Å². The van der Waals surface area contributed by atoms with Crippen molar-refractivity contribution in [3.05, 3.63) is 47.9 Å². The second-order valence-electron chi connectivity index (χ2n) is 7.19. The average Bonchev–Trinajstić information content (AvgIpc) is 3.18. The molecule has 0 spiro atoms. The van der Waals surface area contributed by atoms with Gasteiger partial charge in [0, 0.05) is 57.6 Å². The molecule has 6 nitrogen and oxygen atoms in total. The Kier molecular flexibility index (Phi) is 5.50. The highest BCUT2D eigenvalue weighted by Gasteiger charge is 2.27. The summed E-state index contributed by atoms with van der Waals surface area (Å²) in [7, 11) is 2.09. The monoisotopic (exact) mass is 371 g/mol. The van der Waals surface area contributed by atoms with Crippen molar-refractivity contribution in [2.75, 3.05) is 56.2 Å². The van der Waals surface area contributed by atoms with E-state index in [9.17, 15) is 4.39 Å². The Hall–Kier alpha value is -2.25. The van der Waals surface area contributed by atoms with Gasteiger partial charge in [0.2, 0.25) is 5.95 Å². The lowest BCUT2D eigenvalue weighted by Crippen LogP contribution is -2.38. The number of likely N-dealkylation sites (N-methyl/N-ethyl adjacent to an activating group) is 1. The first-order valence-corrected chi connectivity index (χ1v) is 9.55. The number of benzene rings is 1. The van der Waals surface area contributed by atoms with Gasteiger partial charge in [-0.15, -0.1) is 0 Å². The van der Waals surface area contributed by atoms with Crippen molar-refractivity contribution in [1.29, 1.82) is 0 Å². The van der Waals surface area contributed by atoms with E-state index in [1.807, 2.05) is 24.4 Å². The lowest BCUT2D eigenvalue weighted by Gasteiger charge is -2.29. The molecule has 144 valence electrons. The van der Waals surface area contributed by atoms with Gasteiger partial charge in [0.25, 0.3) is 0 Å². The predicted octanol–water partition coefficient (Wildman–Crippen LogP) is 2.16. The van der Waals surface area contributed by atoms with Gasteiger partial charge in [0.05, 0.1) is 13.2 Å². The minimum Gasteiger partial charge on any atom is -0.378 e. The standard InChI is InChI=1S/C20H26FN5O/c1-24(19-6-8-22-20(23-19)26-10-12-27-13-11-26)17-7-9-25(15-17)14-16-4-2-3-5-18(16)21/h2-6,8,17H,7,9-15H2,1H3. The number of aromatic nitrogens is 2. The summed E-state index contributed by atoms with van der Waals surface area (Å²) in [6.07, 6.45) is 2.87. The van der Waals surface area contributed by atoms with E-state index in [1.54, 1.807) is 6.07 Å². The van der Waals surface area contributed by atoms with Gasteiger partial charge < -0.3 is 14.5 Å². The quantitative estimate of drug-likeness (QED) is 0.803. The van der Waals surface area contributed by atoms with Crippen molar-refractivity contribution in [1.82, 2.24) is 14.9 Å². The van der Waals surface area contributed by atoms with E-state index < -0.39 is 0 Å². The molecule has 2 aliphatic rings. The molecule has 0 amide bonds. The largest absolute Gasteiger partial charge is 0.378 e. The van der Waals surface area contributed by atoms with Gasteiger partial charge in [-0.2, -0.15) is 4.98 Å². The maximum absolute atomic E-state index is 13.9. The summed E-state index contributed by atoms with van der Waals surface area (Å²) in [4.78, 5) is 15.9. The van der Waals surface area contributed by atoms with Crippen LogP contribution in [0.5, 0.6) is 0 Å². The number of rotatable bonds is 5. The molecule has 2 saturated heterocycles. The van der Waals surface area contributed by atoms with Crippen LogP contribution in [0.4, 0.5) is 16.2 Å². The topological polar surface area (TPSA) is 44.7 Å². The lowest BCUT2D eigenvalue weighted by molar-refractivity contribution is 0.122. The van der Waals surface area contributed by atoms with Gasteiger partial charge in [-0.1, -0.05) is 18.2 Å². The summed E-state index contributed by atoms with van der Waals surface area (Å²) in [5.74, 6) is 1.58. The SMILES string of the molecule is CN(c1ccnc(N2CCOCC2)n1)C1CCN(Cc2ccccc2F)C1. The first-order valence-electron chi connectivity index (χ1n) is 9.55. The second kappa shape index (κ2) is 8.19. The van der Waals surface area contributed by atoms with Crippen LogP contribution in [-0.2, 0) is 11.3 Å². The smallest absolute Gasteiger partial charge is 0.227 e. The van der Waals surface area contributed by atoms with Crippen LogP contribution in [0.3, 0.4) is 0 Å². The number of morpholine rings is 1. The van der Waals surface area contributed by atoms with Crippen LogP contribution < -0.4 is 9.80 Å². The fourth-order valence-corrected chi connectivity index (χ4v) is 3.78. The molecule has 0 radical (unpaired) electrons. The third-order valence-corrected chi connectivity index (χ3v) is 5.43. The lowest BCUT2D eigenvalue weighted by atomic mass is 10.2. The van der Waals surface area contributed by atoms with Gasteiger partial charge in [0.15, 0.2) is 0 Å². The van der Waals surface area contributed by atoms with E-state index in [0.717, 1.165) is 63.1 Å². The van der Waals surface area contributed by atoms with E-state index in [1.165, 1.54) is 6.07 Å². The van der Waals surface area contributed by atoms with Crippen molar-refractivity contribution in [2.24, 2.45) is 0 Å². The second-order valence-corrected chi connectivity index (χ2v) is 7.19. The Morgan fingerprint density at radius 3 is 2.81 bits per heavy atom. The molecular formula is C20H26FN5O. The minimum atomic E-state index is -0.125. The molecule has 2 aliphatic heterocycles. The van der Waals surface area contributed by atoms with Gasteiger partial charge in [0.1, 0.15) is 11.6 Å². The predicted molar refractivity (Wildman–Crippen MR) is 104 cm³/mol. The summed E-state index contributed by atoms with van der Waals surface area (Å²) >= 11 is 0. The molecule has 0 aliphatic carbocycles. The molecule has 27 heavy (non-hydrogen) atoms. The number of hydrogen-bond donors (Lipinski definition) is 0. The van der Waals surface area contributed by atoms with Crippen LogP contribution in [0.15, 0.2) is 36.5 Å². The summed E-state index contributed by atoms with van der Waals surface area (Å²) in [6.45, 7) is 5.61. The number of likely N-dealkylation sites (tertiary alicyclic amines) is 1. The Morgan fingerprint density at radius 1 is 1.19 bits per heavy atom. The summed E-state index contributed by atoms with van der Waals surface area (Å²) < 4.78 is 19.3. The van der Waals surface area contributed by atoms with E-state index in [-0.39, 0.29) is 5.82 Å². The van der Waals surface area contributed by atoms with Crippen molar-refractivity contribution < 1.29 is 9.13 Å². The fourth-order valence-electron chi connectivity index (χ4n) is 3.78. The maximum Gasteiger partial charge on any atom is 0.227 e. The third kappa shape index (κ3) is 4.20. The zero-order valence-electron chi connectivity index (χ0n) is 15.7. The summed E-state index contributed by atoms with van der Waals surface area (Å²) in [6, 6.07) is 9.36. The van der Waals surface area contributed by atoms with Crippen molar-refractivity contribution in [3.63, 3.8) is 0 Å². The van der Waals surface area contributed by atoms with Gasteiger partial charge >= 0.3 is 0 Å². The van der Waals surface area contributed by atoms with Crippen molar-refractivity contribution >= 4 is 11.8 Å². The number of nitrogens with zero attached hydrogens (tertiary/aromatic N) is 5. The third-order valence-electron chi connectivity index (χ3n) is 5.43. The maximum atomic E-state index is 13.9. The number of hydrogen-bond acceptors (Lipinski definition) is 6. The molecule has 1 aromatic carbocycles. The fraction of sp³-hybridized carbons (Fsp3) is 0.500. The summed E-state index contributed by atoms with van der Waals surface area (Å²) in [5.41, 5.74) is 0.762. The van der Waals surface area contributed by atoms with Crippen LogP contribution in [0.2, 0.25) is 0 Å². The molecule has 3 heterocycles. The molecule has 2 fully saturated rings. The number of anilines is 2. The van der Waals surface area contributed by atoms with Crippen LogP contribution in [-0.4, -0.2) is 67.4 Å². The van der Waals surface area contributed by atoms with Crippen molar-refractivity contribution in [2.45, 2.75) is 19.0 Å². The van der Waals surface area contributed by atoms with Crippen LogP contribution in [0.1, 0.15) is 12.0 Å². The molecule has 0 saturated carbocycles. The zero-order chi connectivity index (χ0) is 18.6. The van der Waals surface area contributed by atoms with Crippen LogP contribution in [0.25, 0.3) is 0 Å². The number of halogens is 1. The molecule has 1 unspecified atom stereocenters.